The van der Waals surface area contributed by atoms with E-state index in [-0.39, 0.29) is 11.8 Å². The molecule has 11 heteroatoms. The Morgan fingerprint density at radius 1 is 1.39 bits per heavy atom. The Balaban J connectivity index is 1.94. The monoisotopic (exact) mass is 490 g/mol. The lowest BCUT2D eigenvalue weighted by atomic mass is 10.2. The number of hydrogen-bond donors (Lipinski definition) is 2. The summed E-state index contributed by atoms with van der Waals surface area (Å²) < 4.78 is 21.1. The fourth-order valence-electron chi connectivity index (χ4n) is 3.13. The predicted octanol–water partition coefficient (Wildman–Crippen LogP) is 3.72. The van der Waals surface area contributed by atoms with Crippen molar-refractivity contribution in [2.45, 2.75) is 45.1 Å². The summed E-state index contributed by atoms with van der Waals surface area (Å²) in [5.41, 5.74) is 8.99. The summed E-state index contributed by atoms with van der Waals surface area (Å²) in [5.74, 6) is 0.641. The van der Waals surface area contributed by atoms with Crippen molar-refractivity contribution in [3.63, 3.8) is 0 Å². The van der Waals surface area contributed by atoms with Gasteiger partial charge in [-0.1, -0.05) is 0 Å². The summed E-state index contributed by atoms with van der Waals surface area (Å²) in [6.07, 6.45) is 8.32. The van der Waals surface area contributed by atoms with Crippen molar-refractivity contribution in [3.05, 3.63) is 46.3 Å². The molecule has 33 heavy (non-hydrogen) atoms. The number of nitrogens with zero attached hydrogens (tertiary/aromatic N) is 4. The van der Waals surface area contributed by atoms with Crippen LogP contribution in [-0.2, 0) is 29.1 Å². The van der Waals surface area contributed by atoms with Gasteiger partial charge in [0.25, 0.3) is 0 Å². The van der Waals surface area contributed by atoms with Crippen LogP contribution in [0.5, 0.6) is 0 Å². The highest BCUT2D eigenvalue weighted by Crippen LogP contribution is 2.29. The Kier molecular flexibility index (Phi) is 7.43. The fourth-order valence-corrected chi connectivity index (χ4v) is 4.45. The minimum absolute atomic E-state index is 0.282. The van der Waals surface area contributed by atoms with Crippen molar-refractivity contribution in [2.24, 2.45) is 12.8 Å². The molecule has 0 radical (unpaired) electrons. The number of thiophene rings is 1. The fraction of sp³-hybridized carbons (Fsp3) is 0.409. The third-order valence-electron chi connectivity index (χ3n) is 4.79. The lowest BCUT2D eigenvalue weighted by molar-refractivity contribution is 0.0523. The zero-order valence-electron chi connectivity index (χ0n) is 19.7. The molecule has 0 fully saturated rings. The van der Waals surface area contributed by atoms with Crippen molar-refractivity contribution in [2.75, 3.05) is 6.26 Å². The van der Waals surface area contributed by atoms with Gasteiger partial charge in [-0.2, -0.15) is 5.10 Å². The first kappa shape index (κ1) is 24.7. The van der Waals surface area contributed by atoms with Crippen LogP contribution in [0, 0.1) is 0 Å². The van der Waals surface area contributed by atoms with Crippen LogP contribution in [0.15, 0.2) is 30.0 Å². The Hall–Kier alpha value is -2.92. The molecule has 3 heterocycles. The summed E-state index contributed by atoms with van der Waals surface area (Å²) >= 11 is 1.48. The molecule has 178 valence electrons. The number of amides is 1. The predicted molar refractivity (Wildman–Crippen MR) is 133 cm³/mol. The van der Waals surface area contributed by atoms with Crippen LogP contribution in [0.25, 0.3) is 23.2 Å². The van der Waals surface area contributed by atoms with Crippen LogP contribution < -0.4 is 11.1 Å². The number of alkyl carbamates (subject to hydrolysis) is 1. The molecule has 0 aliphatic heterocycles. The number of hydrogen-bond acceptors (Lipinski definition) is 7. The summed E-state index contributed by atoms with van der Waals surface area (Å²) in [4.78, 5) is 17.4. The van der Waals surface area contributed by atoms with Gasteiger partial charge in [-0.25, -0.2) is 9.78 Å². The average molecular weight is 491 g/mol. The van der Waals surface area contributed by atoms with Crippen molar-refractivity contribution in [3.8, 4) is 11.3 Å². The quantitative estimate of drug-likeness (QED) is 0.521. The van der Waals surface area contributed by atoms with E-state index < -0.39 is 22.5 Å². The Morgan fingerprint density at radius 2 is 2.12 bits per heavy atom. The Bertz CT molecular complexity index is 1190. The van der Waals surface area contributed by atoms with E-state index >= 15 is 0 Å². The number of aryl methyl sites for hydroxylation is 1. The second-order valence-electron chi connectivity index (χ2n) is 8.63. The summed E-state index contributed by atoms with van der Waals surface area (Å²) in [6.45, 7) is 7.60. The van der Waals surface area contributed by atoms with Crippen LogP contribution in [0.1, 0.15) is 49.2 Å². The smallest absolute Gasteiger partial charge is 0.407 e. The standard InChI is InChI=1S/C22H30N6O3S2/c1-14(33(6)30)20-24-11-18(16-10-26-27(5)12-16)28(20)13-17(23)19-15(7-8-32-19)9-25-21(29)31-22(2,3)4/h7-8,10-14H,9,23H2,1-6H3,(H,25,29)/b17-13-. The molecule has 0 saturated heterocycles. The molecule has 0 spiro atoms. The molecule has 0 saturated carbocycles. The van der Waals surface area contributed by atoms with Gasteiger partial charge in [0.05, 0.1) is 33.9 Å². The minimum Gasteiger partial charge on any atom is -0.444 e. The minimum atomic E-state index is -1.12. The molecule has 1 amide bonds. The molecular weight excluding hydrogens is 460 g/mol. The van der Waals surface area contributed by atoms with Crippen LogP contribution in [-0.4, -0.2) is 41.5 Å². The van der Waals surface area contributed by atoms with E-state index in [0.717, 1.165) is 21.7 Å². The van der Waals surface area contributed by atoms with Crippen LogP contribution in [0.3, 0.4) is 0 Å². The third-order valence-corrected chi connectivity index (χ3v) is 7.00. The second-order valence-corrected chi connectivity index (χ2v) is 11.3. The first-order valence-corrected chi connectivity index (χ1v) is 12.9. The van der Waals surface area contributed by atoms with Gasteiger partial charge in [0.15, 0.2) is 0 Å². The van der Waals surface area contributed by atoms with Gasteiger partial charge in [-0.05, 0) is 44.7 Å². The average Bonchev–Trinajstić information content (AvgIpc) is 3.43. The second kappa shape index (κ2) is 9.92. The molecule has 2 unspecified atom stereocenters. The van der Waals surface area contributed by atoms with Crippen LogP contribution in [0.2, 0.25) is 0 Å². The van der Waals surface area contributed by atoms with Gasteiger partial charge in [0.2, 0.25) is 0 Å². The lowest BCUT2D eigenvalue weighted by Crippen LogP contribution is -2.32. The number of ether oxygens (including phenoxy) is 1. The Morgan fingerprint density at radius 3 is 2.73 bits per heavy atom. The third kappa shape index (κ3) is 6.11. The van der Waals surface area contributed by atoms with E-state index in [2.05, 4.69) is 15.4 Å². The topological polar surface area (TPSA) is 117 Å². The first-order valence-electron chi connectivity index (χ1n) is 10.4. The molecule has 0 aliphatic carbocycles. The molecule has 3 N–H and O–H groups in total. The van der Waals surface area contributed by atoms with Gasteiger partial charge in [-0.15, -0.1) is 11.3 Å². The maximum absolute atomic E-state index is 12.2. The van der Waals surface area contributed by atoms with E-state index in [0.29, 0.717) is 11.5 Å². The van der Waals surface area contributed by atoms with E-state index in [4.69, 9.17) is 10.5 Å². The molecule has 0 bridgehead atoms. The Labute approximate surface area is 200 Å². The first-order chi connectivity index (χ1) is 15.5. The number of rotatable bonds is 7. The van der Waals surface area contributed by atoms with E-state index in [1.807, 2.05) is 57.0 Å². The molecule has 3 aromatic rings. The van der Waals surface area contributed by atoms with Gasteiger partial charge in [0, 0.05) is 48.6 Å². The number of aromatic nitrogens is 4. The highest BCUT2D eigenvalue weighted by atomic mass is 32.2. The molecule has 3 rings (SSSR count). The van der Waals surface area contributed by atoms with Gasteiger partial charge in [0.1, 0.15) is 11.4 Å². The van der Waals surface area contributed by atoms with Crippen molar-refractivity contribution in [1.29, 1.82) is 0 Å². The van der Waals surface area contributed by atoms with Crippen LogP contribution in [0.4, 0.5) is 4.79 Å². The normalized spacial score (nSPS) is 14.2. The van der Waals surface area contributed by atoms with Crippen LogP contribution >= 0.6 is 11.3 Å². The summed E-state index contributed by atoms with van der Waals surface area (Å²) in [6, 6.07) is 1.92. The number of carbonyl (C=O) groups is 1. The number of carbonyl (C=O) groups excluding carboxylic acids is 1. The highest BCUT2D eigenvalue weighted by Gasteiger charge is 2.21. The molecule has 0 aromatic carbocycles. The van der Waals surface area contributed by atoms with E-state index in [1.54, 1.807) is 29.5 Å². The molecular formula is C22H30N6O3S2. The summed E-state index contributed by atoms with van der Waals surface area (Å²) in [5, 5.41) is 8.64. The van der Waals surface area contributed by atoms with Gasteiger partial charge < -0.3 is 15.8 Å². The number of nitrogens with one attached hydrogen (secondary N) is 1. The SMILES string of the molecule is CC(c1ncc(-c2cnn(C)c2)n1/C=C(\N)c1sccc1CNC(=O)OC(C)(C)C)S(C)=O. The largest absolute Gasteiger partial charge is 0.444 e. The summed E-state index contributed by atoms with van der Waals surface area (Å²) in [7, 11) is 0.727. The zero-order chi connectivity index (χ0) is 24.3. The maximum Gasteiger partial charge on any atom is 0.407 e. The molecule has 0 aliphatic rings. The van der Waals surface area contributed by atoms with E-state index in [9.17, 15) is 9.00 Å². The number of imidazole rings is 1. The molecule has 2 atom stereocenters. The van der Waals surface area contributed by atoms with Gasteiger partial charge in [-0.3, -0.25) is 13.5 Å². The van der Waals surface area contributed by atoms with E-state index in [1.165, 1.54) is 11.3 Å². The van der Waals surface area contributed by atoms with Crippen molar-refractivity contribution >= 4 is 40.1 Å². The van der Waals surface area contributed by atoms with Gasteiger partial charge >= 0.3 is 6.09 Å². The zero-order valence-corrected chi connectivity index (χ0v) is 21.3. The highest BCUT2D eigenvalue weighted by molar-refractivity contribution is 7.84. The molecule has 9 nitrogen and oxygen atoms in total. The number of nitrogens with two attached hydrogens (primary N) is 1. The van der Waals surface area contributed by atoms with Crippen molar-refractivity contribution in [1.82, 2.24) is 24.6 Å². The molecule has 3 aromatic heterocycles. The van der Waals surface area contributed by atoms with Crippen molar-refractivity contribution < 1.29 is 13.7 Å². The maximum atomic E-state index is 12.2. The lowest BCUT2D eigenvalue weighted by Gasteiger charge is -2.19.